The zero-order valence-corrected chi connectivity index (χ0v) is 26.6. The summed E-state index contributed by atoms with van der Waals surface area (Å²) in [5.74, 6) is 7.94. The van der Waals surface area contributed by atoms with Crippen LogP contribution < -0.4 is 0 Å². The molecule has 1 aliphatic heterocycles. The molecule has 0 radical (unpaired) electrons. The number of fused-ring (bicyclic) bond motifs is 5. The molecule has 2 nitrogen and oxygen atoms in total. The molecule has 10 unspecified atom stereocenters. The molecule has 1 heterocycles. The summed E-state index contributed by atoms with van der Waals surface area (Å²) in [7, 11) is 0. The van der Waals surface area contributed by atoms with E-state index >= 15 is 0 Å². The van der Waals surface area contributed by atoms with Gasteiger partial charge >= 0.3 is 0 Å². The van der Waals surface area contributed by atoms with E-state index in [2.05, 4.69) is 53.4 Å². The maximum Gasteiger partial charge on any atom is 0.0598 e. The van der Waals surface area contributed by atoms with Crippen molar-refractivity contribution in [3.63, 3.8) is 0 Å². The van der Waals surface area contributed by atoms with Gasteiger partial charge in [-0.2, -0.15) is 0 Å². The molecule has 2 heteroatoms. The molecule has 0 amide bonds. The van der Waals surface area contributed by atoms with Crippen molar-refractivity contribution >= 4 is 0 Å². The summed E-state index contributed by atoms with van der Waals surface area (Å²) in [6.45, 7) is 19.4. The standard InChI is InChI=1S/C36H65NO/c1-8-37-31-21-18-25(2)23-30(31)32-33(28-16-12-13-17-29(28)34(32)37)36(6,7)27-20-19-26(24-27)15-11-9-10-14-22-38-35(3,4)5/h25-34H,8-24H2,1-7H3. The summed E-state index contributed by atoms with van der Waals surface area (Å²) in [5.41, 5.74) is 0.541. The Balaban J connectivity index is 1.21. The van der Waals surface area contributed by atoms with Gasteiger partial charge in [-0.05, 0) is 131 Å². The molecule has 5 rings (SSSR count). The fraction of sp³-hybridized carbons (Fsp3) is 1.00. The van der Waals surface area contributed by atoms with Crippen molar-refractivity contribution in [3.8, 4) is 0 Å². The summed E-state index contributed by atoms with van der Waals surface area (Å²) in [4.78, 5) is 3.10. The third-order valence-electron chi connectivity index (χ3n) is 12.9. The average Bonchev–Trinajstić information content (AvgIpc) is 3.55. The van der Waals surface area contributed by atoms with E-state index in [1.165, 1.54) is 96.4 Å². The second-order valence-corrected chi connectivity index (χ2v) is 16.5. The Morgan fingerprint density at radius 3 is 2.24 bits per heavy atom. The number of rotatable bonds is 10. The van der Waals surface area contributed by atoms with Gasteiger partial charge in [0.15, 0.2) is 0 Å². The van der Waals surface area contributed by atoms with Crippen molar-refractivity contribution in [1.29, 1.82) is 0 Å². The number of likely N-dealkylation sites (tertiary alicyclic amines) is 1. The lowest BCUT2D eigenvalue weighted by Crippen LogP contribution is -2.45. The molecule has 5 fully saturated rings. The van der Waals surface area contributed by atoms with Crippen LogP contribution in [0.1, 0.15) is 145 Å². The molecular weight excluding hydrogens is 462 g/mol. The van der Waals surface area contributed by atoms with Crippen molar-refractivity contribution in [3.05, 3.63) is 0 Å². The maximum absolute atomic E-state index is 5.93. The molecular formula is C36H65NO. The highest BCUT2D eigenvalue weighted by molar-refractivity contribution is 5.16. The van der Waals surface area contributed by atoms with E-state index in [-0.39, 0.29) is 5.60 Å². The number of ether oxygens (including phenoxy) is 1. The number of unbranched alkanes of at least 4 members (excludes halogenated alkanes) is 3. The molecule has 4 saturated carbocycles. The number of nitrogens with zero attached hydrogens (tertiary/aromatic N) is 1. The second kappa shape index (κ2) is 12.0. The number of hydrogen-bond donors (Lipinski definition) is 0. The quantitative estimate of drug-likeness (QED) is 0.262. The third kappa shape index (κ3) is 5.93. The normalized spacial score (nSPS) is 41.8. The third-order valence-corrected chi connectivity index (χ3v) is 12.9. The van der Waals surface area contributed by atoms with Crippen LogP contribution in [0.4, 0.5) is 0 Å². The smallest absolute Gasteiger partial charge is 0.0598 e. The van der Waals surface area contributed by atoms with Gasteiger partial charge in [-0.15, -0.1) is 0 Å². The summed E-state index contributed by atoms with van der Waals surface area (Å²) < 4.78 is 5.93. The van der Waals surface area contributed by atoms with Crippen LogP contribution in [0, 0.1) is 52.8 Å². The molecule has 0 aromatic heterocycles. The molecule has 0 spiro atoms. The van der Waals surface area contributed by atoms with Crippen molar-refractivity contribution in [2.24, 2.45) is 52.8 Å². The van der Waals surface area contributed by atoms with Crippen molar-refractivity contribution in [2.45, 2.75) is 162 Å². The first-order valence-corrected chi connectivity index (χ1v) is 17.5. The van der Waals surface area contributed by atoms with Crippen molar-refractivity contribution in [1.82, 2.24) is 4.90 Å². The fourth-order valence-corrected chi connectivity index (χ4v) is 11.3. The molecule has 0 bridgehead atoms. The Morgan fingerprint density at radius 2 is 1.50 bits per heavy atom. The van der Waals surface area contributed by atoms with Crippen LogP contribution in [0.25, 0.3) is 0 Å². The van der Waals surface area contributed by atoms with E-state index < -0.39 is 0 Å². The highest BCUT2D eigenvalue weighted by atomic mass is 16.5. The minimum atomic E-state index is 0.0199. The molecule has 0 aromatic carbocycles. The van der Waals surface area contributed by atoms with E-state index in [9.17, 15) is 0 Å². The van der Waals surface area contributed by atoms with Gasteiger partial charge in [0.25, 0.3) is 0 Å². The molecule has 10 atom stereocenters. The van der Waals surface area contributed by atoms with E-state index in [4.69, 9.17) is 4.74 Å². The van der Waals surface area contributed by atoms with Gasteiger partial charge in [-0.3, -0.25) is 4.90 Å². The van der Waals surface area contributed by atoms with Crippen LogP contribution in [0.3, 0.4) is 0 Å². The summed E-state index contributed by atoms with van der Waals surface area (Å²) >= 11 is 0. The summed E-state index contributed by atoms with van der Waals surface area (Å²) in [6, 6.07) is 1.84. The largest absolute Gasteiger partial charge is 0.376 e. The monoisotopic (exact) mass is 528 g/mol. The second-order valence-electron chi connectivity index (χ2n) is 16.5. The Morgan fingerprint density at radius 1 is 0.763 bits per heavy atom. The van der Waals surface area contributed by atoms with Crippen molar-refractivity contribution < 1.29 is 4.74 Å². The first kappa shape index (κ1) is 29.4. The predicted octanol–water partition coefficient (Wildman–Crippen LogP) is 9.76. The summed E-state index contributed by atoms with van der Waals surface area (Å²) in [5, 5.41) is 0. The van der Waals surface area contributed by atoms with Gasteiger partial charge in [-0.25, -0.2) is 0 Å². The first-order valence-electron chi connectivity index (χ1n) is 17.5. The average molecular weight is 528 g/mol. The van der Waals surface area contributed by atoms with Gasteiger partial charge in [0.2, 0.25) is 0 Å². The Hall–Kier alpha value is -0.0800. The van der Waals surface area contributed by atoms with Gasteiger partial charge in [0, 0.05) is 18.7 Å². The van der Waals surface area contributed by atoms with E-state index in [1.54, 1.807) is 6.42 Å². The van der Waals surface area contributed by atoms with Gasteiger partial charge in [-0.1, -0.05) is 72.6 Å². The molecule has 0 N–H and O–H groups in total. The first-order chi connectivity index (χ1) is 18.1. The highest BCUT2D eigenvalue weighted by Gasteiger charge is 2.65. The topological polar surface area (TPSA) is 12.5 Å². The lowest BCUT2D eigenvalue weighted by atomic mass is 9.57. The van der Waals surface area contributed by atoms with Crippen LogP contribution in [-0.4, -0.2) is 35.7 Å². The van der Waals surface area contributed by atoms with Crippen LogP contribution in [0.15, 0.2) is 0 Å². The molecule has 220 valence electrons. The lowest BCUT2D eigenvalue weighted by molar-refractivity contribution is -0.00478. The maximum atomic E-state index is 5.93. The Labute approximate surface area is 237 Å². The Kier molecular flexibility index (Phi) is 9.31. The molecule has 4 aliphatic carbocycles. The van der Waals surface area contributed by atoms with E-state index in [1.807, 2.05) is 0 Å². The zero-order valence-electron chi connectivity index (χ0n) is 26.6. The van der Waals surface area contributed by atoms with E-state index in [0.717, 1.165) is 66.0 Å². The predicted molar refractivity (Wildman–Crippen MR) is 162 cm³/mol. The highest BCUT2D eigenvalue weighted by Crippen LogP contribution is 2.66. The van der Waals surface area contributed by atoms with Crippen LogP contribution in [-0.2, 0) is 4.74 Å². The van der Waals surface area contributed by atoms with E-state index in [0.29, 0.717) is 5.41 Å². The lowest BCUT2D eigenvalue weighted by Gasteiger charge is -2.48. The Bertz CT molecular complexity index is 753. The minimum absolute atomic E-state index is 0.0199. The van der Waals surface area contributed by atoms with Gasteiger partial charge in [0.05, 0.1) is 5.60 Å². The molecule has 1 saturated heterocycles. The molecule has 0 aromatic rings. The van der Waals surface area contributed by atoms with Crippen LogP contribution in [0.2, 0.25) is 0 Å². The number of hydrogen-bond acceptors (Lipinski definition) is 2. The molecule has 38 heavy (non-hydrogen) atoms. The van der Waals surface area contributed by atoms with Gasteiger partial charge in [0.1, 0.15) is 0 Å². The van der Waals surface area contributed by atoms with Gasteiger partial charge < -0.3 is 4.74 Å². The SMILES string of the molecule is CCN1C2CCC(C)CC2C2C1C1CCCCC1C2C(C)(C)C1CCC(CCCCCCOC(C)(C)C)C1. The van der Waals surface area contributed by atoms with Crippen LogP contribution in [0.5, 0.6) is 0 Å². The molecule has 5 aliphatic rings. The van der Waals surface area contributed by atoms with Crippen LogP contribution >= 0.6 is 0 Å². The van der Waals surface area contributed by atoms with Crippen molar-refractivity contribution in [2.75, 3.05) is 13.2 Å². The summed E-state index contributed by atoms with van der Waals surface area (Å²) in [6.07, 6.45) is 22.1. The minimum Gasteiger partial charge on any atom is -0.376 e. The zero-order chi connectivity index (χ0) is 27.1. The fourth-order valence-electron chi connectivity index (χ4n) is 11.3.